The van der Waals surface area contributed by atoms with Gasteiger partial charge < -0.3 is 10.8 Å². The molecule has 1 aromatic rings. The molecule has 0 unspecified atom stereocenters. The topological polar surface area (TPSA) is 63.3 Å². The second kappa shape index (κ2) is 3.42. The van der Waals surface area contributed by atoms with Crippen LogP contribution >= 0.6 is 0 Å². The van der Waals surface area contributed by atoms with Gasteiger partial charge >= 0.3 is 5.97 Å². The number of benzene rings is 1. The Morgan fingerprint density at radius 2 is 2.00 bits per heavy atom. The van der Waals surface area contributed by atoms with Crippen LogP contribution in [-0.4, -0.2) is 11.1 Å². The minimum Gasteiger partial charge on any atom is -0.480 e. The van der Waals surface area contributed by atoms with Gasteiger partial charge in [-0.05, 0) is 37.5 Å². The van der Waals surface area contributed by atoms with Gasteiger partial charge in [-0.2, -0.15) is 0 Å². The summed E-state index contributed by atoms with van der Waals surface area (Å²) in [5.41, 5.74) is 7.11. The van der Waals surface area contributed by atoms with E-state index in [4.69, 9.17) is 10.8 Å². The lowest BCUT2D eigenvalue weighted by atomic mass is 9.88. The molecular weight excluding hydrogens is 178 g/mol. The van der Waals surface area contributed by atoms with Crippen molar-refractivity contribution in [1.82, 2.24) is 0 Å². The standard InChI is InChI=1S/C11H15NO2/c1-7-5-4-6-9(8(7)2)11(3,12)10(13)14/h4-6H,12H2,1-3H3,(H,13,14)/t11-/m0/s1. The number of aliphatic carboxylic acids is 1. The molecule has 0 aliphatic rings. The highest BCUT2D eigenvalue weighted by molar-refractivity contribution is 5.80. The zero-order valence-corrected chi connectivity index (χ0v) is 8.66. The van der Waals surface area contributed by atoms with Crippen LogP contribution in [0.3, 0.4) is 0 Å². The van der Waals surface area contributed by atoms with E-state index in [1.54, 1.807) is 6.07 Å². The van der Waals surface area contributed by atoms with Crippen LogP contribution in [0.25, 0.3) is 0 Å². The van der Waals surface area contributed by atoms with Crippen molar-refractivity contribution in [1.29, 1.82) is 0 Å². The third-order valence-electron chi connectivity index (χ3n) is 2.61. The van der Waals surface area contributed by atoms with Gasteiger partial charge in [-0.25, -0.2) is 4.79 Å². The summed E-state index contributed by atoms with van der Waals surface area (Å²) < 4.78 is 0. The van der Waals surface area contributed by atoms with Crippen LogP contribution in [0.1, 0.15) is 23.6 Å². The molecule has 0 heterocycles. The van der Waals surface area contributed by atoms with Crippen molar-refractivity contribution in [3.8, 4) is 0 Å². The van der Waals surface area contributed by atoms with Crippen molar-refractivity contribution in [2.45, 2.75) is 26.3 Å². The molecule has 0 aliphatic carbocycles. The van der Waals surface area contributed by atoms with Gasteiger partial charge in [0.05, 0.1) is 0 Å². The molecule has 3 nitrogen and oxygen atoms in total. The predicted molar refractivity (Wildman–Crippen MR) is 55.1 cm³/mol. The Hall–Kier alpha value is -1.35. The summed E-state index contributed by atoms with van der Waals surface area (Å²) in [6, 6.07) is 5.53. The lowest BCUT2D eigenvalue weighted by molar-refractivity contribution is -0.143. The van der Waals surface area contributed by atoms with E-state index in [-0.39, 0.29) is 0 Å². The van der Waals surface area contributed by atoms with Crippen molar-refractivity contribution in [3.05, 3.63) is 34.9 Å². The summed E-state index contributed by atoms with van der Waals surface area (Å²) in [7, 11) is 0. The van der Waals surface area contributed by atoms with Gasteiger partial charge in [-0.1, -0.05) is 18.2 Å². The number of nitrogens with two attached hydrogens (primary N) is 1. The number of carboxylic acid groups (broad SMARTS) is 1. The van der Waals surface area contributed by atoms with Crippen LogP contribution in [-0.2, 0) is 10.3 Å². The first-order valence-electron chi connectivity index (χ1n) is 4.46. The summed E-state index contributed by atoms with van der Waals surface area (Å²) >= 11 is 0. The van der Waals surface area contributed by atoms with E-state index in [2.05, 4.69) is 0 Å². The Morgan fingerprint density at radius 3 is 2.50 bits per heavy atom. The molecule has 14 heavy (non-hydrogen) atoms. The fourth-order valence-corrected chi connectivity index (χ4v) is 1.43. The highest BCUT2D eigenvalue weighted by atomic mass is 16.4. The Morgan fingerprint density at radius 1 is 1.43 bits per heavy atom. The SMILES string of the molecule is Cc1cccc([C@](C)(N)C(=O)O)c1C. The van der Waals surface area contributed by atoms with Gasteiger partial charge in [0.1, 0.15) is 5.54 Å². The maximum absolute atomic E-state index is 11.0. The fourth-order valence-electron chi connectivity index (χ4n) is 1.43. The van der Waals surface area contributed by atoms with Crippen molar-refractivity contribution >= 4 is 5.97 Å². The first-order chi connectivity index (χ1) is 6.37. The number of rotatable bonds is 2. The lowest BCUT2D eigenvalue weighted by Crippen LogP contribution is -2.42. The molecule has 0 amide bonds. The first kappa shape index (κ1) is 10.7. The lowest BCUT2D eigenvalue weighted by Gasteiger charge is -2.22. The predicted octanol–water partition coefficient (Wildman–Crippen LogP) is 1.56. The molecule has 0 aliphatic heterocycles. The molecule has 1 rings (SSSR count). The molecule has 0 fully saturated rings. The Balaban J connectivity index is 3.33. The largest absolute Gasteiger partial charge is 0.480 e. The van der Waals surface area contributed by atoms with Gasteiger partial charge in [0.15, 0.2) is 0 Å². The molecule has 3 N–H and O–H groups in total. The maximum atomic E-state index is 11.0. The second-order valence-electron chi connectivity index (χ2n) is 3.75. The molecule has 0 spiro atoms. The van der Waals surface area contributed by atoms with Crippen LogP contribution in [0.15, 0.2) is 18.2 Å². The zero-order chi connectivity index (χ0) is 10.9. The summed E-state index contributed by atoms with van der Waals surface area (Å²) in [6.45, 7) is 5.34. The van der Waals surface area contributed by atoms with Gasteiger partial charge in [-0.3, -0.25) is 0 Å². The molecule has 1 atom stereocenters. The summed E-state index contributed by atoms with van der Waals surface area (Å²) in [4.78, 5) is 11.0. The maximum Gasteiger partial charge on any atom is 0.328 e. The third kappa shape index (κ3) is 1.63. The third-order valence-corrected chi connectivity index (χ3v) is 2.61. The zero-order valence-electron chi connectivity index (χ0n) is 8.66. The molecule has 1 aromatic carbocycles. The van der Waals surface area contributed by atoms with Gasteiger partial charge in [0.25, 0.3) is 0 Å². The smallest absolute Gasteiger partial charge is 0.328 e. The van der Waals surface area contributed by atoms with Crippen molar-refractivity contribution in [2.75, 3.05) is 0 Å². The van der Waals surface area contributed by atoms with Crippen LogP contribution in [0.4, 0.5) is 0 Å². The van der Waals surface area contributed by atoms with Crippen LogP contribution < -0.4 is 5.73 Å². The van der Waals surface area contributed by atoms with Crippen molar-refractivity contribution in [3.63, 3.8) is 0 Å². The van der Waals surface area contributed by atoms with Gasteiger partial charge in [0.2, 0.25) is 0 Å². The molecule has 3 heteroatoms. The molecule has 0 saturated heterocycles. The minimum absolute atomic E-state index is 0.671. The van der Waals surface area contributed by atoms with E-state index in [0.29, 0.717) is 5.56 Å². The fraction of sp³-hybridized carbons (Fsp3) is 0.364. The Labute approximate surface area is 83.6 Å². The number of carboxylic acids is 1. The molecule has 76 valence electrons. The summed E-state index contributed by atoms with van der Waals surface area (Å²) in [5, 5.41) is 8.99. The summed E-state index contributed by atoms with van der Waals surface area (Å²) in [6.07, 6.45) is 0. The Kier molecular flexibility index (Phi) is 2.62. The van der Waals surface area contributed by atoms with E-state index < -0.39 is 11.5 Å². The van der Waals surface area contributed by atoms with E-state index in [1.165, 1.54) is 6.92 Å². The van der Waals surface area contributed by atoms with Crippen LogP contribution in [0.2, 0.25) is 0 Å². The van der Waals surface area contributed by atoms with Gasteiger partial charge in [-0.15, -0.1) is 0 Å². The highest BCUT2D eigenvalue weighted by Crippen LogP contribution is 2.23. The first-order valence-corrected chi connectivity index (χ1v) is 4.46. The van der Waals surface area contributed by atoms with Crippen molar-refractivity contribution in [2.24, 2.45) is 5.73 Å². The van der Waals surface area contributed by atoms with E-state index in [9.17, 15) is 4.79 Å². The Bertz CT molecular complexity index is 370. The number of hydrogen-bond donors (Lipinski definition) is 2. The second-order valence-corrected chi connectivity index (χ2v) is 3.75. The summed E-state index contributed by atoms with van der Waals surface area (Å²) in [5.74, 6) is -1.01. The van der Waals surface area contributed by atoms with Crippen LogP contribution in [0.5, 0.6) is 0 Å². The number of hydrogen-bond acceptors (Lipinski definition) is 2. The average molecular weight is 193 g/mol. The monoisotopic (exact) mass is 193 g/mol. The molecule has 0 aromatic heterocycles. The quantitative estimate of drug-likeness (QED) is 0.749. The minimum atomic E-state index is -1.31. The number of aryl methyl sites for hydroxylation is 1. The highest BCUT2D eigenvalue weighted by Gasteiger charge is 2.31. The van der Waals surface area contributed by atoms with Crippen LogP contribution in [0, 0.1) is 13.8 Å². The molecule has 0 radical (unpaired) electrons. The molecule has 0 saturated carbocycles. The van der Waals surface area contributed by atoms with Crippen molar-refractivity contribution < 1.29 is 9.90 Å². The normalized spacial score (nSPS) is 14.9. The number of carbonyl (C=O) groups is 1. The van der Waals surface area contributed by atoms with E-state index >= 15 is 0 Å². The van der Waals surface area contributed by atoms with E-state index in [0.717, 1.165) is 11.1 Å². The average Bonchev–Trinajstić information content (AvgIpc) is 2.09. The molecule has 0 bridgehead atoms. The van der Waals surface area contributed by atoms with Gasteiger partial charge in [0, 0.05) is 0 Å². The molecular formula is C11H15NO2. The van der Waals surface area contributed by atoms with E-state index in [1.807, 2.05) is 26.0 Å².